The van der Waals surface area contributed by atoms with E-state index in [0.29, 0.717) is 29.8 Å². The molecule has 2 aromatic heterocycles. The number of nitrogens with two attached hydrogens (primary N) is 1. The second-order valence-corrected chi connectivity index (χ2v) is 7.10. The number of nitrogens with zero attached hydrogens (tertiary/aromatic N) is 2. The van der Waals surface area contributed by atoms with Crippen molar-refractivity contribution in [2.45, 2.75) is 25.6 Å². The highest BCUT2D eigenvalue weighted by atomic mass is 35.5. The Balaban J connectivity index is 2.13. The molecule has 0 bridgehead atoms. The van der Waals surface area contributed by atoms with Gasteiger partial charge in [0.15, 0.2) is 11.5 Å². The molecule has 0 saturated carbocycles. The molecule has 11 heteroatoms. The minimum Gasteiger partial charge on any atom is -0.494 e. The van der Waals surface area contributed by atoms with Crippen LogP contribution in [0.15, 0.2) is 28.7 Å². The van der Waals surface area contributed by atoms with E-state index in [1.807, 2.05) is 0 Å². The quantitative estimate of drug-likeness (QED) is 0.406. The molecule has 0 aliphatic rings. The molecule has 166 valence electrons. The van der Waals surface area contributed by atoms with Crippen molar-refractivity contribution in [1.29, 1.82) is 0 Å². The third-order valence-corrected chi connectivity index (χ3v) is 4.71. The maximum atomic E-state index is 13.1. The maximum Gasteiger partial charge on any atom is 0.433 e. The van der Waals surface area contributed by atoms with Crippen molar-refractivity contribution in [2.24, 2.45) is 5.73 Å². The summed E-state index contributed by atoms with van der Waals surface area (Å²) in [7, 11) is 1.33. The zero-order valence-corrected chi connectivity index (χ0v) is 17.5. The van der Waals surface area contributed by atoms with Crippen molar-refractivity contribution in [3.05, 3.63) is 41.4 Å². The number of hydrogen-bond donors (Lipinski definition) is 2. The zero-order valence-electron chi connectivity index (χ0n) is 16.7. The summed E-state index contributed by atoms with van der Waals surface area (Å²) in [5.74, 6) is 0.242. The number of rotatable bonds is 7. The molecule has 7 nitrogen and oxygen atoms in total. The molecule has 0 unspecified atom stereocenters. The fourth-order valence-corrected chi connectivity index (χ4v) is 3.11. The number of benzene rings is 1. The minimum absolute atomic E-state index is 0.00316. The lowest BCUT2D eigenvalue weighted by Gasteiger charge is -2.11. The summed E-state index contributed by atoms with van der Waals surface area (Å²) >= 11 is 5.62. The highest BCUT2D eigenvalue weighted by Gasteiger charge is 2.33. The Morgan fingerprint density at radius 3 is 2.65 bits per heavy atom. The van der Waals surface area contributed by atoms with Crippen LogP contribution in [0.5, 0.6) is 5.75 Å². The number of fused-ring (bicyclic) bond motifs is 1. The van der Waals surface area contributed by atoms with Gasteiger partial charge in [-0.2, -0.15) is 13.2 Å². The van der Waals surface area contributed by atoms with Crippen LogP contribution < -0.4 is 15.8 Å². The zero-order chi connectivity index (χ0) is 22.8. The Labute approximate surface area is 180 Å². The number of nitrogens with one attached hydrogen (secondary N) is 1. The fourth-order valence-electron chi connectivity index (χ4n) is 2.97. The van der Waals surface area contributed by atoms with Gasteiger partial charge in [-0.05, 0) is 37.6 Å². The average Bonchev–Trinajstić information content (AvgIpc) is 3.17. The molecule has 0 saturated heterocycles. The van der Waals surface area contributed by atoms with E-state index in [-0.39, 0.29) is 28.6 Å². The monoisotopic (exact) mass is 456 g/mol. The second-order valence-electron chi connectivity index (χ2n) is 6.72. The van der Waals surface area contributed by atoms with Crippen LogP contribution in [-0.4, -0.2) is 35.4 Å². The normalized spacial score (nSPS) is 12.7. The Bertz CT molecular complexity index is 1100. The fraction of sp³-hybridized carbons (Fsp3) is 0.350. The van der Waals surface area contributed by atoms with Crippen molar-refractivity contribution in [3.8, 4) is 17.2 Å². The molecule has 1 atom stereocenters. The Kier molecular flexibility index (Phi) is 6.71. The van der Waals surface area contributed by atoms with E-state index in [4.69, 9.17) is 26.5 Å². The van der Waals surface area contributed by atoms with Crippen molar-refractivity contribution in [1.82, 2.24) is 15.3 Å². The van der Waals surface area contributed by atoms with Crippen LogP contribution in [-0.2, 0) is 6.18 Å². The summed E-state index contributed by atoms with van der Waals surface area (Å²) in [5, 5.41) is 3.00. The first kappa shape index (κ1) is 22.8. The lowest BCUT2D eigenvalue weighted by atomic mass is 10.1. The summed E-state index contributed by atoms with van der Waals surface area (Å²) in [5.41, 5.74) is 5.21. The maximum absolute atomic E-state index is 13.1. The van der Waals surface area contributed by atoms with Crippen molar-refractivity contribution < 1.29 is 27.1 Å². The number of pyridine rings is 1. The smallest absolute Gasteiger partial charge is 0.433 e. The molecule has 1 amide bonds. The van der Waals surface area contributed by atoms with Gasteiger partial charge in [0.25, 0.3) is 5.91 Å². The summed E-state index contributed by atoms with van der Waals surface area (Å²) in [4.78, 5) is 20.5. The topological polar surface area (TPSA) is 103 Å². The van der Waals surface area contributed by atoms with Crippen LogP contribution in [0.2, 0.25) is 0 Å². The lowest BCUT2D eigenvalue weighted by Crippen LogP contribution is -2.26. The largest absolute Gasteiger partial charge is 0.494 e. The number of methoxy groups -OCH3 is 1. The summed E-state index contributed by atoms with van der Waals surface area (Å²) in [6.07, 6.45) is -4.05. The number of hydrogen-bond acceptors (Lipinski definition) is 6. The molecular weight excluding hydrogens is 437 g/mol. The number of carbonyl (C=O) groups is 1. The van der Waals surface area contributed by atoms with E-state index in [2.05, 4.69) is 15.3 Å². The van der Waals surface area contributed by atoms with E-state index in [9.17, 15) is 18.0 Å². The molecule has 0 spiro atoms. The van der Waals surface area contributed by atoms with Crippen LogP contribution in [0.3, 0.4) is 0 Å². The van der Waals surface area contributed by atoms with E-state index in [1.165, 1.54) is 19.2 Å². The molecule has 0 fully saturated rings. The molecule has 3 aromatic rings. The van der Waals surface area contributed by atoms with Crippen LogP contribution in [0.4, 0.5) is 13.2 Å². The van der Waals surface area contributed by atoms with E-state index < -0.39 is 23.8 Å². The predicted molar refractivity (Wildman–Crippen MR) is 109 cm³/mol. The van der Waals surface area contributed by atoms with E-state index in [0.717, 1.165) is 6.07 Å². The molecule has 31 heavy (non-hydrogen) atoms. The first-order valence-corrected chi connectivity index (χ1v) is 9.86. The van der Waals surface area contributed by atoms with Gasteiger partial charge in [-0.1, -0.05) is 0 Å². The highest BCUT2D eigenvalue weighted by molar-refractivity contribution is 6.17. The molecule has 0 aliphatic carbocycles. The molecule has 0 aliphatic heterocycles. The van der Waals surface area contributed by atoms with Gasteiger partial charge in [0.05, 0.1) is 13.2 Å². The number of alkyl halides is 4. The number of aromatic nitrogens is 2. The Morgan fingerprint density at radius 1 is 1.29 bits per heavy atom. The third-order valence-electron chi connectivity index (χ3n) is 4.44. The number of oxazole rings is 1. The van der Waals surface area contributed by atoms with Gasteiger partial charge in [-0.3, -0.25) is 4.79 Å². The molecule has 2 heterocycles. The van der Waals surface area contributed by atoms with E-state index >= 15 is 0 Å². The van der Waals surface area contributed by atoms with Gasteiger partial charge < -0.3 is 20.2 Å². The molecule has 3 rings (SSSR count). The van der Waals surface area contributed by atoms with Crippen LogP contribution in [0.1, 0.15) is 41.3 Å². The molecule has 3 N–H and O–H groups in total. The lowest BCUT2D eigenvalue weighted by molar-refractivity contribution is -0.140. The van der Waals surface area contributed by atoms with Crippen LogP contribution in [0, 0.1) is 0 Å². The third kappa shape index (κ3) is 4.75. The number of carbonyl (C=O) groups excluding carboxylic acids is 1. The van der Waals surface area contributed by atoms with Gasteiger partial charge >= 0.3 is 6.18 Å². The van der Waals surface area contributed by atoms with Crippen molar-refractivity contribution in [3.63, 3.8) is 0 Å². The van der Waals surface area contributed by atoms with E-state index in [1.54, 1.807) is 13.0 Å². The second kappa shape index (κ2) is 9.11. The van der Waals surface area contributed by atoms with Gasteiger partial charge in [-0.25, -0.2) is 9.97 Å². The van der Waals surface area contributed by atoms with Gasteiger partial charge in [-0.15, -0.1) is 11.6 Å². The Morgan fingerprint density at radius 2 is 2.03 bits per heavy atom. The van der Waals surface area contributed by atoms with Crippen molar-refractivity contribution >= 4 is 28.4 Å². The SMILES string of the molecule is COc1ccc(-c2nc(C(=O)NCCCCl)c([C@H](C)N)o2)c2ccc(C(F)(F)F)nc12. The summed E-state index contributed by atoms with van der Waals surface area (Å²) in [6, 6.07) is 4.51. The van der Waals surface area contributed by atoms with Crippen molar-refractivity contribution in [2.75, 3.05) is 19.5 Å². The minimum atomic E-state index is -4.62. The first-order chi connectivity index (χ1) is 14.7. The number of amides is 1. The standard InChI is InChI=1S/C20H20ClF3N4O3/c1-10(25)17-16(18(29)26-9-3-8-21)28-19(31-17)12-4-6-13(30-2)15-11(12)5-7-14(27-15)20(22,23)24/h4-7,10H,3,8-9,25H2,1-2H3,(H,26,29)/t10-/m0/s1. The molecular formula is C20H20ClF3N4O3. The van der Waals surface area contributed by atoms with Crippen LogP contribution >= 0.6 is 11.6 Å². The average molecular weight is 457 g/mol. The van der Waals surface area contributed by atoms with Gasteiger partial charge in [0, 0.05) is 23.4 Å². The first-order valence-electron chi connectivity index (χ1n) is 9.33. The predicted octanol–water partition coefficient (Wildman–Crippen LogP) is 4.30. The van der Waals surface area contributed by atoms with Gasteiger partial charge in [0.2, 0.25) is 5.89 Å². The number of halogens is 4. The molecule has 0 radical (unpaired) electrons. The van der Waals surface area contributed by atoms with Crippen LogP contribution in [0.25, 0.3) is 22.4 Å². The summed E-state index contributed by atoms with van der Waals surface area (Å²) < 4.78 is 50.3. The summed E-state index contributed by atoms with van der Waals surface area (Å²) in [6.45, 7) is 1.97. The molecule has 1 aromatic carbocycles. The highest BCUT2D eigenvalue weighted by Crippen LogP contribution is 2.37. The number of ether oxygens (including phenoxy) is 1. The Hall–Kier alpha value is -2.85. The van der Waals surface area contributed by atoms with Gasteiger partial charge in [0.1, 0.15) is 17.0 Å².